The number of rotatable bonds is 5. The van der Waals surface area contributed by atoms with Crippen LogP contribution in [0.15, 0.2) is 53.9 Å². The van der Waals surface area contributed by atoms with Crippen molar-refractivity contribution in [3.8, 4) is 0 Å². The Labute approximate surface area is 130 Å². The van der Waals surface area contributed by atoms with Crippen molar-refractivity contribution in [2.75, 3.05) is 0 Å². The first-order valence-electron chi connectivity index (χ1n) is 7.53. The molecule has 0 aliphatic rings. The number of hydrogen-bond acceptors (Lipinski definition) is 2. The lowest BCUT2D eigenvalue weighted by Crippen LogP contribution is -2.20. The van der Waals surface area contributed by atoms with Gasteiger partial charge in [-0.05, 0) is 41.3 Å². The van der Waals surface area contributed by atoms with Crippen LogP contribution in [0.25, 0.3) is 10.1 Å². The minimum atomic E-state index is 0.421. The smallest absolute Gasteiger partial charge is 0.0346 e. The van der Waals surface area contributed by atoms with Crippen molar-refractivity contribution in [2.45, 2.75) is 32.9 Å². The van der Waals surface area contributed by atoms with E-state index in [2.05, 4.69) is 73.1 Å². The van der Waals surface area contributed by atoms with Crippen LogP contribution in [0.3, 0.4) is 0 Å². The van der Waals surface area contributed by atoms with E-state index >= 15 is 0 Å². The van der Waals surface area contributed by atoms with Crippen LogP contribution in [-0.4, -0.2) is 0 Å². The predicted molar refractivity (Wildman–Crippen MR) is 92.9 cm³/mol. The summed E-state index contributed by atoms with van der Waals surface area (Å²) in [5, 5.41) is 7.37. The molecule has 1 unspecified atom stereocenters. The molecule has 0 fully saturated rings. The van der Waals surface area contributed by atoms with Gasteiger partial charge in [0.2, 0.25) is 0 Å². The summed E-state index contributed by atoms with van der Waals surface area (Å²) >= 11 is 1.83. The average molecular weight is 295 g/mol. The zero-order valence-corrected chi connectivity index (χ0v) is 13.4. The molecule has 0 spiro atoms. The standard InChI is InChI=1S/C19H21NS/c1-3-18(15-10-8-14(2)9-11-15)20-12-16-13-21-19-7-5-4-6-17(16)19/h4-11,13,18,20H,3,12H2,1-2H3. The molecule has 1 nitrogen and oxygen atoms in total. The highest BCUT2D eigenvalue weighted by atomic mass is 32.1. The molecule has 21 heavy (non-hydrogen) atoms. The summed E-state index contributed by atoms with van der Waals surface area (Å²) < 4.78 is 1.37. The molecule has 1 heterocycles. The Kier molecular flexibility index (Phi) is 4.37. The molecule has 1 aromatic heterocycles. The third kappa shape index (κ3) is 3.17. The summed E-state index contributed by atoms with van der Waals surface area (Å²) in [6, 6.07) is 17.9. The van der Waals surface area contributed by atoms with E-state index < -0.39 is 0 Å². The number of benzene rings is 2. The molecule has 3 rings (SSSR count). The Bertz CT molecular complexity index is 712. The second-order valence-corrected chi connectivity index (χ2v) is 6.42. The number of thiophene rings is 1. The fourth-order valence-electron chi connectivity index (χ4n) is 2.70. The number of fused-ring (bicyclic) bond motifs is 1. The molecule has 108 valence electrons. The quantitative estimate of drug-likeness (QED) is 0.660. The maximum atomic E-state index is 3.71. The molecular formula is C19H21NS. The maximum absolute atomic E-state index is 3.71. The number of nitrogens with one attached hydrogen (secondary N) is 1. The lowest BCUT2D eigenvalue weighted by Gasteiger charge is -2.17. The maximum Gasteiger partial charge on any atom is 0.0346 e. The third-order valence-electron chi connectivity index (χ3n) is 3.99. The van der Waals surface area contributed by atoms with E-state index in [-0.39, 0.29) is 0 Å². The molecule has 1 N–H and O–H groups in total. The van der Waals surface area contributed by atoms with E-state index in [0.29, 0.717) is 6.04 Å². The SMILES string of the molecule is CCC(NCc1csc2ccccc12)c1ccc(C)cc1. The Morgan fingerprint density at radius 1 is 1.05 bits per heavy atom. The molecule has 0 amide bonds. The Balaban J connectivity index is 1.74. The molecule has 0 aliphatic carbocycles. The first kappa shape index (κ1) is 14.3. The van der Waals surface area contributed by atoms with Crippen LogP contribution in [0.4, 0.5) is 0 Å². The van der Waals surface area contributed by atoms with Crippen molar-refractivity contribution in [3.63, 3.8) is 0 Å². The highest BCUT2D eigenvalue weighted by Crippen LogP contribution is 2.26. The van der Waals surface area contributed by atoms with Crippen LogP contribution in [0.2, 0.25) is 0 Å². The monoisotopic (exact) mass is 295 g/mol. The highest BCUT2D eigenvalue weighted by molar-refractivity contribution is 7.17. The lowest BCUT2D eigenvalue weighted by atomic mass is 10.0. The van der Waals surface area contributed by atoms with Gasteiger partial charge in [-0.1, -0.05) is 55.0 Å². The summed E-state index contributed by atoms with van der Waals surface area (Å²) in [6.07, 6.45) is 1.10. The second-order valence-electron chi connectivity index (χ2n) is 5.51. The summed E-state index contributed by atoms with van der Waals surface area (Å²) in [6.45, 7) is 5.30. The van der Waals surface area contributed by atoms with Crippen LogP contribution >= 0.6 is 11.3 Å². The topological polar surface area (TPSA) is 12.0 Å². The van der Waals surface area contributed by atoms with Gasteiger partial charge in [0.05, 0.1) is 0 Å². The van der Waals surface area contributed by atoms with Crippen molar-refractivity contribution in [3.05, 3.63) is 70.6 Å². The predicted octanol–water partition coefficient (Wildman–Crippen LogP) is 5.45. The molecule has 2 aromatic carbocycles. The molecule has 3 aromatic rings. The lowest BCUT2D eigenvalue weighted by molar-refractivity contribution is 0.520. The van der Waals surface area contributed by atoms with Crippen LogP contribution in [0.1, 0.15) is 36.1 Å². The van der Waals surface area contributed by atoms with Gasteiger partial charge in [0.15, 0.2) is 0 Å². The van der Waals surface area contributed by atoms with Crippen molar-refractivity contribution in [1.82, 2.24) is 5.32 Å². The third-order valence-corrected chi connectivity index (χ3v) is 5.00. The van der Waals surface area contributed by atoms with Crippen molar-refractivity contribution in [2.24, 2.45) is 0 Å². The fourth-order valence-corrected chi connectivity index (χ4v) is 3.66. The Morgan fingerprint density at radius 2 is 1.81 bits per heavy atom. The van der Waals surface area contributed by atoms with Gasteiger partial charge in [-0.2, -0.15) is 0 Å². The minimum Gasteiger partial charge on any atom is -0.306 e. The van der Waals surface area contributed by atoms with E-state index in [9.17, 15) is 0 Å². The molecule has 0 aliphatic heterocycles. The molecule has 0 saturated heterocycles. The first-order chi connectivity index (χ1) is 10.3. The van der Waals surface area contributed by atoms with Gasteiger partial charge in [0, 0.05) is 17.3 Å². The van der Waals surface area contributed by atoms with Gasteiger partial charge in [-0.25, -0.2) is 0 Å². The summed E-state index contributed by atoms with van der Waals surface area (Å²) in [5.74, 6) is 0. The Morgan fingerprint density at radius 3 is 2.57 bits per heavy atom. The van der Waals surface area contributed by atoms with Crippen LogP contribution in [0.5, 0.6) is 0 Å². The van der Waals surface area contributed by atoms with Crippen molar-refractivity contribution < 1.29 is 0 Å². The summed E-state index contributed by atoms with van der Waals surface area (Å²) in [7, 11) is 0. The van der Waals surface area contributed by atoms with Crippen LogP contribution < -0.4 is 5.32 Å². The molecule has 0 bridgehead atoms. The van der Waals surface area contributed by atoms with E-state index in [1.165, 1.54) is 26.8 Å². The summed E-state index contributed by atoms with van der Waals surface area (Å²) in [5.41, 5.74) is 4.10. The van der Waals surface area contributed by atoms with Gasteiger partial charge in [0.1, 0.15) is 0 Å². The largest absolute Gasteiger partial charge is 0.306 e. The Hall–Kier alpha value is -1.64. The van der Waals surface area contributed by atoms with Crippen LogP contribution in [0, 0.1) is 6.92 Å². The normalized spacial score (nSPS) is 12.7. The van der Waals surface area contributed by atoms with E-state index in [1.807, 2.05) is 11.3 Å². The van der Waals surface area contributed by atoms with E-state index in [1.54, 1.807) is 0 Å². The van der Waals surface area contributed by atoms with Gasteiger partial charge in [-0.3, -0.25) is 0 Å². The van der Waals surface area contributed by atoms with Gasteiger partial charge in [0.25, 0.3) is 0 Å². The fraction of sp³-hybridized carbons (Fsp3) is 0.263. The van der Waals surface area contributed by atoms with Crippen LogP contribution in [-0.2, 0) is 6.54 Å². The molecule has 1 atom stereocenters. The highest BCUT2D eigenvalue weighted by Gasteiger charge is 2.10. The van der Waals surface area contributed by atoms with E-state index in [0.717, 1.165) is 13.0 Å². The number of aryl methyl sites for hydroxylation is 1. The molecule has 0 radical (unpaired) electrons. The average Bonchev–Trinajstić information content (AvgIpc) is 2.93. The molecular weight excluding hydrogens is 274 g/mol. The second kappa shape index (κ2) is 6.42. The molecule has 2 heteroatoms. The van der Waals surface area contributed by atoms with Gasteiger partial charge in [-0.15, -0.1) is 11.3 Å². The minimum absolute atomic E-state index is 0.421. The zero-order chi connectivity index (χ0) is 14.7. The van der Waals surface area contributed by atoms with E-state index in [4.69, 9.17) is 0 Å². The van der Waals surface area contributed by atoms with Crippen molar-refractivity contribution >= 4 is 21.4 Å². The molecule has 0 saturated carbocycles. The van der Waals surface area contributed by atoms with Gasteiger partial charge >= 0.3 is 0 Å². The zero-order valence-electron chi connectivity index (χ0n) is 12.6. The summed E-state index contributed by atoms with van der Waals surface area (Å²) in [4.78, 5) is 0. The van der Waals surface area contributed by atoms with Crippen molar-refractivity contribution in [1.29, 1.82) is 0 Å². The number of hydrogen-bond donors (Lipinski definition) is 1. The first-order valence-corrected chi connectivity index (χ1v) is 8.41. The van der Waals surface area contributed by atoms with Gasteiger partial charge < -0.3 is 5.32 Å².